The Balaban J connectivity index is 1.88. The quantitative estimate of drug-likeness (QED) is 0.837. The molecule has 1 aromatic heterocycles. The number of allylic oxidation sites excluding steroid dienone is 3. The zero-order valence-electron chi connectivity index (χ0n) is 11.3. The van der Waals surface area contributed by atoms with Gasteiger partial charge >= 0.3 is 0 Å². The van der Waals surface area contributed by atoms with E-state index < -0.39 is 5.91 Å². The lowest BCUT2D eigenvalue weighted by atomic mass is 9.89. The van der Waals surface area contributed by atoms with Crippen molar-refractivity contribution in [2.24, 2.45) is 10.9 Å². The Kier molecular flexibility index (Phi) is 3.27. The van der Waals surface area contributed by atoms with Crippen molar-refractivity contribution in [2.75, 3.05) is 0 Å². The van der Waals surface area contributed by atoms with Gasteiger partial charge in [-0.05, 0) is 19.1 Å². The molecule has 0 bridgehead atoms. The van der Waals surface area contributed by atoms with Gasteiger partial charge in [0.15, 0.2) is 0 Å². The molecular formula is C15H12N4O2. The standard InChI is InChI=1S/C15H12N4O2/c1-9-6-14(20)19-12-7-10(2-3-11(9)12)18-15(21)13-8-16-4-5-17-13/h2-8,11H,1H3,(H,19,20). The van der Waals surface area contributed by atoms with Gasteiger partial charge in [0.1, 0.15) is 5.69 Å². The second-order valence-electron chi connectivity index (χ2n) is 4.75. The third-order valence-electron chi connectivity index (χ3n) is 3.23. The Morgan fingerprint density at radius 1 is 1.33 bits per heavy atom. The monoisotopic (exact) mass is 280 g/mol. The van der Waals surface area contributed by atoms with E-state index in [9.17, 15) is 9.59 Å². The number of aliphatic imine (C=N–C) groups is 1. The van der Waals surface area contributed by atoms with Crippen LogP contribution >= 0.6 is 0 Å². The third kappa shape index (κ3) is 2.69. The fourth-order valence-corrected chi connectivity index (χ4v) is 2.24. The summed E-state index contributed by atoms with van der Waals surface area (Å²) < 4.78 is 0. The number of carbonyl (C=O) groups excluding carboxylic acids is 2. The summed E-state index contributed by atoms with van der Waals surface area (Å²) in [6, 6.07) is 0. The average Bonchev–Trinajstić information content (AvgIpc) is 2.47. The molecule has 0 saturated carbocycles. The number of hydrogen-bond donors (Lipinski definition) is 1. The van der Waals surface area contributed by atoms with E-state index in [2.05, 4.69) is 20.3 Å². The van der Waals surface area contributed by atoms with Gasteiger partial charge in [-0.1, -0.05) is 11.6 Å². The van der Waals surface area contributed by atoms with E-state index >= 15 is 0 Å². The number of amides is 2. The zero-order chi connectivity index (χ0) is 14.8. The molecule has 0 radical (unpaired) electrons. The van der Waals surface area contributed by atoms with Crippen LogP contribution in [-0.4, -0.2) is 27.5 Å². The Hall–Kier alpha value is -2.89. The van der Waals surface area contributed by atoms with Crippen LogP contribution in [0.2, 0.25) is 0 Å². The molecule has 0 spiro atoms. The molecule has 0 fully saturated rings. The van der Waals surface area contributed by atoms with E-state index in [1.54, 1.807) is 18.2 Å². The van der Waals surface area contributed by atoms with Gasteiger partial charge < -0.3 is 5.32 Å². The molecule has 104 valence electrons. The molecule has 1 aromatic rings. The smallest absolute Gasteiger partial charge is 0.297 e. The van der Waals surface area contributed by atoms with Gasteiger partial charge in [0.05, 0.1) is 11.9 Å². The van der Waals surface area contributed by atoms with Crippen LogP contribution < -0.4 is 5.32 Å². The highest BCUT2D eigenvalue weighted by molar-refractivity contribution is 6.13. The lowest BCUT2D eigenvalue weighted by Crippen LogP contribution is -2.32. The largest absolute Gasteiger partial charge is 0.325 e. The van der Waals surface area contributed by atoms with Crippen molar-refractivity contribution in [3.63, 3.8) is 0 Å². The van der Waals surface area contributed by atoms with Crippen molar-refractivity contribution in [3.05, 3.63) is 59.9 Å². The van der Waals surface area contributed by atoms with Crippen molar-refractivity contribution in [3.8, 4) is 0 Å². The van der Waals surface area contributed by atoms with Gasteiger partial charge in [0.25, 0.3) is 5.91 Å². The zero-order valence-corrected chi connectivity index (χ0v) is 11.3. The lowest BCUT2D eigenvalue weighted by molar-refractivity contribution is -0.116. The molecule has 1 aliphatic carbocycles. The van der Waals surface area contributed by atoms with Crippen LogP contribution in [0.3, 0.4) is 0 Å². The van der Waals surface area contributed by atoms with Gasteiger partial charge in [-0.3, -0.25) is 14.6 Å². The molecule has 21 heavy (non-hydrogen) atoms. The molecule has 1 atom stereocenters. The van der Waals surface area contributed by atoms with Crippen molar-refractivity contribution < 1.29 is 9.59 Å². The number of hydrogen-bond acceptors (Lipinski definition) is 4. The molecule has 6 heteroatoms. The predicted molar refractivity (Wildman–Crippen MR) is 76.4 cm³/mol. The van der Waals surface area contributed by atoms with Crippen LogP contribution in [0.15, 0.2) is 59.2 Å². The Bertz CT molecular complexity index is 729. The second-order valence-corrected chi connectivity index (χ2v) is 4.75. The van der Waals surface area contributed by atoms with Gasteiger partial charge in [0, 0.05) is 30.1 Å². The Labute approximate surface area is 121 Å². The predicted octanol–water partition coefficient (Wildman–Crippen LogP) is 1.20. The number of carbonyl (C=O) groups is 2. The number of nitrogens with one attached hydrogen (secondary N) is 1. The molecule has 1 aliphatic heterocycles. The molecule has 2 amide bonds. The third-order valence-corrected chi connectivity index (χ3v) is 3.23. The average molecular weight is 280 g/mol. The van der Waals surface area contributed by atoms with E-state index in [4.69, 9.17) is 0 Å². The van der Waals surface area contributed by atoms with Gasteiger partial charge in [-0.15, -0.1) is 0 Å². The SMILES string of the molecule is CC1=CC(=O)NC2=CC(=NC(=O)c3cnccn3)C=CC12. The summed E-state index contributed by atoms with van der Waals surface area (Å²) in [6.07, 6.45) is 11.2. The van der Waals surface area contributed by atoms with E-state index in [-0.39, 0.29) is 17.5 Å². The first-order chi connectivity index (χ1) is 10.1. The van der Waals surface area contributed by atoms with Gasteiger partial charge in [-0.25, -0.2) is 9.98 Å². The molecule has 0 saturated heterocycles. The highest BCUT2D eigenvalue weighted by Gasteiger charge is 2.24. The molecule has 0 aromatic carbocycles. The van der Waals surface area contributed by atoms with Gasteiger partial charge in [-0.2, -0.15) is 0 Å². The van der Waals surface area contributed by atoms with E-state index in [0.717, 1.165) is 11.3 Å². The molecule has 1 N–H and O–H groups in total. The second kappa shape index (κ2) is 5.24. The summed E-state index contributed by atoms with van der Waals surface area (Å²) in [5, 5.41) is 2.77. The first-order valence-corrected chi connectivity index (χ1v) is 6.41. The maximum atomic E-state index is 11.9. The highest BCUT2D eigenvalue weighted by atomic mass is 16.2. The molecule has 1 unspecified atom stereocenters. The van der Waals surface area contributed by atoms with Crippen LogP contribution in [0, 0.1) is 5.92 Å². The normalized spacial score (nSPS) is 22.2. The van der Waals surface area contributed by atoms with Crippen molar-refractivity contribution in [1.82, 2.24) is 15.3 Å². The number of nitrogens with zero attached hydrogens (tertiary/aromatic N) is 3. The minimum atomic E-state index is -0.465. The van der Waals surface area contributed by atoms with Crippen LogP contribution in [0.5, 0.6) is 0 Å². The van der Waals surface area contributed by atoms with E-state index in [0.29, 0.717) is 5.71 Å². The van der Waals surface area contributed by atoms with Crippen molar-refractivity contribution >= 4 is 17.5 Å². The summed E-state index contributed by atoms with van der Waals surface area (Å²) >= 11 is 0. The molecule has 2 heterocycles. The molecule has 6 nitrogen and oxygen atoms in total. The minimum absolute atomic E-state index is 0.0354. The van der Waals surface area contributed by atoms with Crippen molar-refractivity contribution in [1.29, 1.82) is 0 Å². The number of aromatic nitrogens is 2. The fraction of sp³-hybridized carbons (Fsp3) is 0.133. The van der Waals surface area contributed by atoms with Gasteiger partial charge in [0.2, 0.25) is 5.91 Å². The number of rotatable bonds is 1. The van der Waals surface area contributed by atoms with Crippen LogP contribution in [-0.2, 0) is 4.79 Å². The summed E-state index contributed by atoms with van der Waals surface area (Å²) in [5.74, 6) is -0.592. The summed E-state index contributed by atoms with van der Waals surface area (Å²) in [4.78, 5) is 35.2. The summed E-state index contributed by atoms with van der Waals surface area (Å²) in [6.45, 7) is 1.90. The van der Waals surface area contributed by atoms with E-state index in [1.807, 2.05) is 13.0 Å². The highest BCUT2D eigenvalue weighted by Crippen LogP contribution is 2.26. The fourth-order valence-electron chi connectivity index (χ4n) is 2.24. The first-order valence-electron chi connectivity index (χ1n) is 6.41. The Morgan fingerprint density at radius 2 is 2.19 bits per heavy atom. The Morgan fingerprint density at radius 3 is 2.95 bits per heavy atom. The minimum Gasteiger partial charge on any atom is -0.325 e. The molecular weight excluding hydrogens is 268 g/mol. The van der Waals surface area contributed by atoms with E-state index in [1.165, 1.54) is 18.6 Å². The summed E-state index contributed by atoms with van der Waals surface area (Å²) in [7, 11) is 0. The van der Waals surface area contributed by atoms with Crippen LogP contribution in [0.1, 0.15) is 17.4 Å². The van der Waals surface area contributed by atoms with Crippen LogP contribution in [0.4, 0.5) is 0 Å². The topological polar surface area (TPSA) is 84.3 Å². The van der Waals surface area contributed by atoms with Crippen LogP contribution in [0.25, 0.3) is 0 Å². The lowest BCUT2D eigenvalue weighted by Gasteiger charge is -2.25. The maximum absolute atomic E-state index is 11.9. The first kappa shape index (κ1) is 13.1. The molecule has 2 aliphatic rings. The number of fused-ring (bicyclic) bond motifs is 1. The summed E-state index contributed by atoms with van der Waals surface area (Å²) in [5.41, 5.74) is 2.35. The maximum Gasteiger partial charge on any atom is 0.297 e. The molecule has 3 rings (SSSR count). The van der Waals surface area contributed by atoms with Crippen molar-refractivity contribution in [2.45, 2.75) is 6.92 Å².